The van der Waals surface area contributed by atoms with Gasteiger partial charge in [-0.2, -0.15) is 0 Å². The standard InChI is InChI=1S/C15H17ClN2O2/c1-9(2)18-10(3)12(15(19)20-4)13(16)14(18)11-5-7-17-8-6-11/h5-9H,1-4H3. The molecule has 20 heavy (non-hydrogen) atoms. The molecule has 2 aromatic heterocycles. The molecule has 2 aromatic rings. The summed E-state index contributed by atoms with van der Waals surface area (Å²) in [6.07, 6.45) is 3.41. The monoisotopic (exact) mass is 292 g/mol. The first kappa shape index (κ1) is 14.6. The van der Waals surface area contributed by atoms with E-state index < -0.39 is 5.97 Å². The second kappa shape index (κ2) is 5.67. The van der Waals surface area contributed by atoms with Crippen LogP contribution in [0.4, 0.5) is 0 Å². The predicted molar refractivity (Wildman–Crippen MR) is 79.1 cm³/mol. The molecule has 0 aliphatic carbocycles. The largest absolute Gasteiger partial charge is 0.465 e. The van der Waals surface area contributed by atoms with Crippen LogP contribution in [-0.4, -0.2) is 22.6 Å². The van der Waals surface area contributed by atoms with Crippen molar-refractivity contribution in [1.29, 1.82) is 0 Å². The summed E-state index contributed by atoms with van der Waals surface area (Å²) in [6.45, 7) is 5.98. The van der Waals surface area contributed by atoms with Gasteiger partial charge in [-0.15, -0.1) is 0 Å². The van der Waals surface area contributed by atoms with Crippen molar-refractivity contribution >= 4 is 17.6 Å². The number of rotatable bonds is 3. The minimum atomic E-state index is -0.415. The van der Waals surface area contributed by atoms with E-state index >= 15 is 0 Å². The van der Waals surface area contributed by atoms with Crippen molar-refractivity contribution in [2.75, 3.05) is 7.11 Å². The highest BCUT2D eigenvalue weighted by Crippen LogP contribution is 2.37. The third-order valence-electron chi connectivity index (χ3n) is 3.25. The molecular formula is C15H17ClN2O2. The number of methoxy groups -OCH3 is 1. The number of halogens is 1. The lowest BCUT2D eigenvalue weighted by molar-refractivity contribution is 0.0600. The van der Waals surface area contributed by atoms with Gasteiger partial charge in [0.15, 0.2) is 0 Å². The van der Waals surface area contributed by atoms with Crippen molar-refractivity contribution in [2.45, 2.75) is 26.8 Å². The summed E-state index contributed by atoms with van der Waals surface area (Å²) < 4.78 is 6.88. The van der Waals surface area contributed by atoms with Crippen LogP contribution < -0.4 is 0 Å². The van der Waals surface area contributed by atoms with Crippen molar-refractivity contribution in [3.63, 3.8) is 0 Å². The van der Waals surface area contributed by atoms with E-state index in [2.05, 4.69) is 18.8 Å². The van der Waals surface area contributed by atoms with E-state index in [1.165, 1.54) is 7.11 Å². The van der Waals surface area contributed by atoms with E-state index in [1.807, 2.05) is 23.6 Å². The first-order valence-corrected chi connectivity index (χ1v) is 6.75. The van der Waals surface area contributed by atoms with Gasteiger partial charge in [0.05, 0.1) is 23.4 Å². The van der Waals surface area contributed by atoms with Crippen molar-refractivity contribution < 1.29 is 9.53 Å². The Bertz CT molecular complexity index is 633. The molecule has 0 atom stereocenters. The lowest BCUT2D eigenvalue weighted by Gasteiger charge is -2.15. The maximum atomic E-state index is 11.9. The molecule has 5 heteroatoms. The van der Waals surface area contributed by atoms with Gasteiger partial charge in [-0.05, 0) is 32.9 Å². The zero-order valence-corrected chi connectivity index (χ0v) is 12.7. The summed E-state index contributed by atoms with van der Waals surface area (Å²) in [7, 11) is 1.36. The van der Waals surface area contributed by atoms with E-state index in [1.54, 1.807) is 12.4 Å². The van der Waals surface area contributed by atoms with Crippen LogP contribution in [0.5, 0.6) is 0 Å². The number of aromatic nitrogens is 2. The quantitative estimate of drug-likeness (QED) is 0.806. The maximum Gasteiger partial charge on any atom is 0.341 e. The van der Waals surface area contributed by atoms with Crippen LogP contribution in [-0.2, 0) is 4.74 Å². The first-order valence-electron chi connectivity index (χ1n) is 6.38. The number of pyridine rings is 1. The second-order valence-electron chi connectivity index (χ2n) is 4.81. The fraction of sp³-hybridized carbons (Fsp3) is 0.333. The minimum Gasteiger partial charge on any atom is -0.465 e. The van der Waals surface area contributed by atoms with Crippen LogP contribution in [0, 0.1) is 6.92 Å². The van der Waals surface area contributed by atoms with Gasteiger partial charge >= 0.3 is 5.97 Å². The summed E-state index contributed by atoms with van der Waals surface area (Å²) >= 11 is 6.44. The van der Waals surface area contributed by atoms with E-state index in [0.29, 0.717) is 10.6 Å². The summed E-state index contributed by atoms with van der Waals surface area (Å²) in [5, 5.41) is 0.425. The Morgan fingerprint density at radius 3 is 2.45 bits per heavy atom. The highest BCUT2D eigenvalue weighted by Gasteiger charge is 2.26. The van der Waals surface area contributed by atoms with Gasteiger partial charge in [0.25, 0.3) is 0 Å². The summed E-state index contributed by atoms with van der Waals surface area (Å²) in [5.41, 5.74) is 2.98. The zero-order chi connectivity index (χ0) is 14.9. The van der Waals surface area contributed by atoms with E-state index in [9.17, 15) is 4.79 Å². The van der Waals surface area contributed by atoms with Crippen LogP contribution in [0.2, 0.25) is 5.02 Å². The smallest absolute Gasteiger partial charge is 0.341 e. The number of nitrogens with zero attached hydrogens (tertiary/aromatic N) is 2. The summed E-state index contributed by atoms with van der Waals surface area (Å²) in [6, 6.07) is 3.93. The normalized spacial score (nSPS) is 10.9. The third-order valence-corrected chi connectivity index (χ3v) is 3.62. The molecule has 0 saturated carbocycles. The van der Waals surface area contributed by atoms with E-state index in [0.717, 1.165) is 17.0 Å². The molecule has 0 aliphatic heterocycles. The SMILES string of the molecule is COC(=O)c1c(Cl)c(-c2ccncc2)n(C(C)C)c1C. The molecule has 0 fully saturated rings. The minimum absolute atomic E-state index is 0.175. The summed E-state index contributed by atoms with van der Waals surface area (Å²) in [4.78, 5) is 16.0. The van der Waals surface area contributed by atoms with Gasteiger partial charge in [0, 0.05) is 29.7 Å². The van der Waals surface area contributed by atoms with Crippen LogP contribution in [0.1, 0.15) is 35.9 Å². The van der Waals surface area contributed by atoms with Gasteiger partial charge in [0.1, 0.15) is 0 Å². The lowest BCUT2D eigenvalue weighted by atomic mass is 10.1. The molecule has 0 saturated heterocycles. The zero-order valence-electron chi connectivity index (χ0n) is 12.0. The maximum absolute atomic E-state index is 11.9. The fourth-order valence-electron chi connectivity index (χ4n) is 2.43. The average Bonchev–Trinajstić information content (AvgIpc) is 2.70. The highest BCUT2D eigenvalue weighted by molar-refractivity contribution is 6.36. The Kier molecular flexibility index (Phi) is 4.14. The Morgan fingerprint density at radius 2 is 1.95 bits per heavy atom. The Balaban J connectivity index is 2.77. The predicted octanol–water partition coefficient (Wildman–Crippen LogP) is 3.88. The van der Waals surface area contributed by atoms with Crippen molar-refractivity contribution in [3.8, 4) is 11.3 Å². The Labute approximate surface area is 123 Å². The van der Waals surface area contributed by atoms with Crippen LogP contribution in [0.25, 0.3) is 11.3 Å². The third kappa shape index (κ3) is 2.31. The molecule has 0 amide bonds. The number of carbonyl (C=O) groups excluding carboxylic acids is 1. The van der Waals surface area contributed by atoms with Gasteiger partial charge < -0.3 is 9.30 Å². The van der Waals surface area contributed by atoms with Crippen LogP contribution in [0.3, 0.4) is 0 Å². The van der Waals surface area contributed by atoms with Crippen molar-refractivity contribution in [3.05, 3.63) is 40.8 Å². The number of ether oxygens (including phenoxy) is 1. The molecule has 0 bridgehead atoms. The summed E-state index contributed by atoms with van der Waals surface area (Å²) in [5.74, 6) is -0.415. The molecule has 4 nitrogen and oxygen atoms in total. The number of esters is 1. The van der Waals surface area contributed by atoms with Gasteiger partial charge in [-0.3, -0.25) is 4.98 Å². The molecular weight excluding hydrogens is 276 g/mol. The fourth-order valence-corrected chi connectivity index (χ4v) is 2.85. The van der Waals surface area contributed by atoms with Gasteiger partial charge in [-0.1, -0.05) is 11.6 Å². The molecule has 0 spiro atoms. The van der Waals surface area contributed by atoms with Crippen LogP contribution >= 0.6 is 11.6 Å². The Morgan fingerprint density at radius 1 is 1.35 bits per heavy atom. The van der Waals surface area contributed by atoms with E-state index in [4.69, 9.17) is 16.3 Å². The molecule has 0 N–H and O–H groups in total. The van der Waals surface area contributed by atoms with Gasteiger partial charge in [-0.25, -0.2) is 4.79 Å². The molecule has 106 valence electrons. The van der Waals surface area contributed by atoms with E-state index in [-0.39, 0.29) is 6.04 Å². The van der Waals surface area contributed by atoms with Crippen LogP contribution in [0.15, 0.2) is 24.5 Å². The Hall–Kier alpha value is -1.81. The number of carbonyl (C=O) groups is 1. The second-order valence-corrected chi connectivity index (χ2v) is 5.19. The molecule has 0 unspecified atom stereocenters. The average molecular weight is 293 g/mol. The van der Waals surface area contributed by atoms with Crippen molar-refractivity contribution in [2.24, 2.45) is 0 Å². The number of hydrogen-bond acceptors (Lipinski definition) is 3. The molecule has 2 heterocycles. The van der Waals surface area contributed by atoms with Crippen molar-refractivity contribution in [1.82, 2.24) is 9.55 Å². The molecule has 0 aliphatic rings. The molecule has 0 radical (unpaired) electrons. The van der Waals surface area contributed by atoms with Gasteiger partial charge in [0.2, 0.25) is 0 Å². The highest BCUT2D eigenvalue weighted by atomic mass is 35.5. The first-order chi connectivity index (χ1) is 9.49. The molecule has 2 rings (SSSR count). The lowest BCUT2D eigenvalue weighted by Crippen LogP contribution is -2.07. The molecule has 0 aromatic carbocycles. The number of hydrogen-bond donors (Lipinski definition) is 0. The topological polar surface area (TPSA) is 44.1 Å².